The first kappa shape index (κ1) is 26.5. The molecule has 184 valence electrons. The van der Waals surface area contributed by atoms with Crippen molar-refractivity contribution >= 4 is 24.1 Å². The van der Waals surface area contributed by atoms with E-state index in [9.17, 15) is 19.2 Å². The molecule has 33 heavy (non-hydrogen) atoms. The van der Waals surface area contributed by atoms with Crippen LogP contribution in [-0.2, 0) is 33.3 Å². The van der Waals surface area contributed by atoms with Crippen LogP contribution >= 0.6 is 0 Å². The van der Waals surface area contributed by atoms with Gasteiger partial charge in [0.05, 0.1) is 19.6 Å². The van der Waals surface area contributed by atoms with E-state index >= 15 is 0 Å². The Morgan fingerprint density at radius 1 is 1.12 bits per heavy atom. The van der Waals surface area contributed by atoms with Crippen LogP contribution in [-0.4, -0.2) is 71.2 Å². The van der Waals surface area contributed by atoms with Gasteiger partial charge in [-0.15, -0.1) is 5.92 Å². The second kappa shape index (κ2) is 9.59. The summed E-state index contributed by atoms with van der Waals surface area (Å²) in [5.41, 5.74) is -3.34. The van der Waals surface area contributed by atoms with Crippen molar-refractivity contribution in [1.29, 1.82) is 0 Å². The smallest absolute Gasteiger partial charge is 0.466 e. The highest BCUT2D eigenvalue weighted by atomic mass is 16.7. The van der Waals surface area contributed by atoms with Gasteiger partial charge in [0.2, 0.25) is 5.91 Å². The third-order valence-electron chi connectivity index (χ3n) is 4.86. The molecule has 2 fully saturated rings. The van der Waals surface area contributed by atoms with Crippen molar-refractivity contribution in [2.24, 2.45) is 5.92 Å². The Balaban J connectivity index is 2.51. The molecule has 2 saturated heterocycles. The van der Waals surface area contributed by atoms with Crippen LogP contribution in [0.25, 0.3) is 0 Å². The molecule has 0 bridgehead atoms. The maximum Gasteiger partial charge on any atom is 0.509 e. The van der Waals surface area contributed by atoms with Gasteiger partial charge in [0, 0.05) is 0 Å². The molecule has 0 radical (unpaired) electrons. The summed E-state index contributed by atoms with van der Waals surface area (Å²) in [4.78, 5) is 51.6. The zero-order valence-electron chi connectivity index (χ0n) is 20.5. The van der Waals surface area contributed by atoms with Crippen molar-refractivity contribution in [2.45, 2.75) is 90.8 Å². The second-order valence-corrected chi connectivity index (χ2v) is 9.79. The maximum absolute atomic E-state index is 13.0. The summed E-state index contributed by atoms with van der Waals surface area (Å²) >= 11 is 0. The number of fused-ring (bicyclic) bond motifs is 1. The van der Waals surface area contributed by atoms with E-state index in [4.69, 9.17) is 23.7 Å². The Morgan fingerprint density at radius 2 is 1.73 bits per heavy atom. The maximum atomic E-state index is 13.0. The Morgan fingerprint density at radius 3 is 2.24 bits per heavy atom. The summed E-state index contributed by atoms with van der Waals surface area (Å²) in [6.45, 7) is 13.2. The molecular formula is C23H33NO9. The number of amides is 2. The van der Waals surface area contributed by atoms with Gasteiger partial charge in [-0.05, 0) is 55.4 Å². The van der Waals surface area contributed by atoms with Crippen LogP contribution < -0.4 is 0 Å². The normalized spacial score (nSPS) is 26.7. The van der Waals surface area contributed by atoms with Gasteiger partial charge in [0.15, 0.2) is 11.6 Å². The van der Waals surface area contributed by atoms with Crippen molar-refractivity contribution in [3.8, 4) is 11.8 Å². The van der Waals surface area contributed by atoms with Crippen LogP contribution in [0.1, 0.15) is 61.8 Å². The summed E-state index contributed by atoms with van der Waals surface area (Å²) in [6.07, 6.45) is -4.61. The molecule has 2 aliphatic rings. The van der Waals surface area contributed by atoms with Gasteiger partial charge in [-0.25, -0.2) is 14.5 Å². The molecule has 4 atom stereocenters. The van der Waals surface area contributed by atoms with Crippen LogP contribution in [0.5, 0.6) is 0 Å². The zero-order chi connectivity index (χ0) is 25.2. The third-order valence-corrected chi connectivity index (χ3v) is 4.86. The molecule has 2 heterocycles. The quantitative estimate of drug-likeness (QED) is 0.266. The molecule has 0 aliphatic carbocycles. The van der Waals surface area contributed by atoms with E-state index in [-0.39, 0.29) is 19.6 Å². The lowest BCUT2D eigenvalue weighted by atomic mass is 9.66. The number of likely N-dealkylation sites (tertiary alicyclic amines) is 1. The minimum Gasteiger partial charge on any atom is -0.466 e. The first-order chi connectivity index (χ1) is 15.2. The van der Waals surface area contributed by atoms with E-state index < -0.39 is 59.0 Å². The molecule has 0 N–H and O–H groups in total. The number of hydrogen-bond acceptors (Lipinski definition) is 9. The third kappa shape index (κ3) is 5.77. The number of esters is 1. The molecule has 10 nitrogen and oxygen atoms in total. The van der Waals surface area contributed by atoms with Gasteiger partial charge < -0.3 is 23.7 Å². The minimum atomic E-state index is -1.58. The molecule has 4 unspecified atom stereocenters. The van der Waals surface area contributed by atoms with E-state index in [1.165, 1.54) is 6.92 Å². The van der Waals surface area contributed by atoms with Gasteiger partial charge in [-0.1, -0.05) is 5.92 Å². The molecule has 2 rings (SSSR count). The predicted molar refractivity (Wildman–Crippen MR) is 115 cm³/mol. The molecule has 0 aromatic heterocycles. The average molecular weight is 468 g/mol. The molecule has 0 saturated carbocycles. The minimum absolute atomic E-state index is 0.120. The largest absolute Gasteiger partial charge is 0.509 e. The number of carbonyl (C=O) groups excluding carboxylic acids is 4. The number of nitrogens with zero attached hydrogens (tertiary/aromatic N) is 1. The molecule has 2 amide bonds. The molecular weight excluding hydrogens is 434 g/mol. The van der Waals surface area contributed by atoms with Crippen molar-refractivity contribution < 1.29 is 42.9 Å². The monoisotopic (exact) mass is 467 g/mol. The van der Waals surface area contributed by atoms with Gasteiger partial charge >= 0.3 is 18.2 Å². The van der Waals surface area contributed by atoms with Gasteiger partial charge in [0.1, 0.15) is 23.2 Å². The lowest BCUT2D eigenvalue weighted by Crippen LogP contribution is -2.82. The fourth-order valence-corrected chi connectivity index (χ4v) is 3.79. The van der Waals surface area contributed by atoms with Crippen molar-refractivity contribution in [2.75, 3.05) is 13.2 Å². The summed E-state index contributed by atoms with van der Waals surface area (Å²) < 4.78 is 27.1. The highest BCUT2D eigenvalue weighted by molar-refractivity contribution is 6.03. The Kier molecular flexibility index (Phi) is 7.69. The van der Waals surface area contributed by atoms with Crippen LogP contribution in [0.3, 0.4) is 0 Å². The molecule has 0 spiro atoms. The van der Waals surface area contributed by atoms with E-state index in [1.54, 1.807) is 48.5 Å². The summed E-state index contributed by atoms with van der Waals surface area (Å²) in [7, 11) is 0. The fourth-order valence-electron chi connectivity index (χ4n) is 3.79. The number of carbonyl (C=O) groups is 4. The number of ether oxygens (including phenoxy) is 5. The van der Waals surface area contributed by atoms with E-state index in [2.05, 4.69) is 11.8 Å². The van der Waals surface area contributed by atoms with Crippen molar-refractivity contribution in [3.05, 3.63) is 0 Å². The lowest BCUT2D eigenvalue weighted by Gasteiger charge is -2.58. The Bertz CT molecular complexity index is 858. The molecule has 0 aromatic rings. The van der Waals surface area contributed by atoms with Gasteiger partial charge in [0.25, 0.3) is 0 Å². The van der Waals surface area contributed by atoms with Crippen molar-refractivity contribution in [3.63, 3.8) is 0 Å². The zero-order valence-corrected chi connectivity index (χ0v) is 20.5. The second-order valence-electron chi connectivity index (χ2n) is 9.79. The SMILES string of the molecule is CC#CC12C(COC(CC(=O)OCC)C1OC(=O)OC(C)(C)C)C(=O)N2C(=O)OC(C)(C)C. The van der Waals surface area contributed by atoms with E-state index in [0.717, 1.165) is 4.90 Å². The van der Waals surface area contributed by atoms with Crippen LogP contribution in [0.15, 0.2) is 0 Å². The van der Waals surface area contributed by atoms with Gasteiger partial charge in [-0.2, -0.15) is 0 Å². The average Bonchev–Trinajstić information content (AvgIpc) is 2.61. The first-order valence-corrected chi connectivity index (χ1v) is 10.8. The van der Waals surface area contributed by atoms with E-state index in [0.29, 0.717) is 0 Å². The first-order valence-electron chi connectivity index (χ1n) is 10.8. The highest BCUT2D eigenvalue weighted by Crippen LogP contribution is 2.48. The fraction of sp³-hybridized carbons (Fsp3) is 0.739. The standard InChI is InChI=1S/C23H33NO9/c1-9-11-23-14(18(26)24(23)19(27)32-21(3,4)5)13-30-15(12-16(25)29-10-2)17(23)31-20(28)33-22(6,7)8/h14-15,17H,10,12-13H2,1-8H3. The molecule has 2 aliphatic heterocycles. The van der Waals surface area contributed by atoms with Crippen LogP contribution in [0.2, 0.25) is 0 Å². The topological polar surface area (TPSA) is 118 Å². The summed E-state index contributed by atoms with van der Waals surface area (Å²) in [6, 6.07) is 0. The number of imide groups is 1. The summed E-state index contributed by atoms with van der Waals surface area (Å²) in [5.74, 6) is 3.55. The van der Waals surface area contributed by atoms with E-state index in [1.807, 2.05) is 0 Å². The van der Waals surface area contributed by atoms with Crippen LogP contribution in [0.4, 0.5) is 9.59 Å². The number of hydrogen-bond donors (Lipinski definition) is 0. The summed E-state index contributed by atoms with van der Waals surface area (Å²) in [5, 5.41) is 0. The van der Waals surface area contributed by atoms with Crippen LogP contribution in [0, 0.1) is 17.8 Å². The van der Waals surface area contributed by atoms with Gasteiger partial charge in [-0.3, -0.25) is 9.59 Å². The Hall–Kier alpha value is -2.80. The Labute approximate surface area is 194 Å². The predicted octanol–water partition coefficient (Wildman–Crippen LogP) is 2.81. The molecule has 0 aromatic carbocycles. The number of rotatable bonds is 4. The lowest BCUT2D eigenvalue weighted by molar-refractivity contribution is -0.223. The highest BCUT2D eigenvalue weighted by Gasteiger charge is 2.72. The number of β-lactam (4-membered cyclic amide) rings is 1. The molecule has 10 heteroatoms. The van der Waals surface area contributed by atoms with Crippen molar-refractivity contribution in [1.82, 2.24) is 4.90 Å².